The molecule has 0 aliphatic rings. The van der Waals surface area contributed by atoms with Crippen LogP contribution in [-0.2, 0) is 17.9 Å². The van der Waals surface area contributed by atoms with Crippen molar-refractivity contribution in [2.24, 2.45) is 0 Å². The minimum absolute atomic E-state index is 0.147. The van der Waals surface area contributed by atoms with Crippen molar-refractivity contribution in [1.82, 2.24) is 19.7 Å². The van der Waals surface area contributed by atoms with Gasteiger partial charge in [-0.25, -0.2) is 4.98 Å². The second-order valence-electron chi connectivity index (χ2n) is 6.82. The average Bonchev–Trinajstić information content (AvgIpc) is 3.48. The first-order chi connectivity index (χ1) is 16.2. The molecule has 1 N–H and O–H groups in total. The van der Waals surface area contributed by atoms with Crippen LogP contribution in [0.3, 0.4) is 0 Å². The average molecular weight is 482 g/mol. The fourth-order valence-electron chi connectivity index (χ4n) is 3.09. The number of thiazole rings is 1. The molecule has 2 aromatic heterocycles. The van der Waals surface area contributed by atoms with Crippen LogP contribution in [0.2, 0.25) is 0 Å². The summed E-state index contributed by atoms with van der Waals surface area (Å²) < 4.78 is 13.1. The van der Waals surface area contributed by atoms with Crippen molar-refractivity contribution in [2.75, 3.05) is 18.2 Å². The van der Waals surface area contributed by atoms with Crippen LogP contribution < -0.4 is 14.8 Å². The van der Waals surface area contributed by atoms with Crippen LogP contribution in [-0.4, -0.2) is 38.5 Å². The molecule has 4 aromatic rings. The van der Waals surface area contributed by atoms with Crippen LogP contribution in [0.1, 0.15) is 12.7 Å². The molecular weight excluding hydrogens is 458 g/mol. The molecular formula is C23H23N5O3S2. The van der Waals surface area contributed by atoms with Gasteiger partial charge in [-0.05, 0) is 19.1 Å². The molecule has 0 radical (unpaired) electrons. The number of hydrogen-bond donors (Lipinski definition) is 1. The molecule has 1 amide bonds. The minimum Gasteiger partial charge on any atom is -0.493 e. The lowest BCUT2D eigenvalue weighted by Crippen LogP contribution is -2.14. The van der Waals surface area contributed by atoms with Crippen LogP contribution in [0.15, 0.2) is 65.1 Å². The largest absolute Gasteiger partial charge is 0.493 e. The van der Waals surface area contributed by atoms with Gasteiger partial charge < -0.3 is 19.4 Å². The number of carbonyl (C=O) groups excluding carboxylic acids is 1. The van der Waals surface area contributed by atoms with Crippen molar-refractivity contribution in [3.05, 3.63) is 65.8 Å². The van der Waals surface area contributed by atoms with Gasteiger partial charge in [-0.3, -0.25) is 4.79 Å². The zero-order valence-corrected chi connectivity index (χ0v) is 19.9. The summed E-state index contributed by atoms with van der Waals surface area (Å²) in [5.41, 5.74) is 1.86. The van der Waals surface area contributed by atoms with E-state index in [1.807, 2.05) is 71.5 Å². The van der Waals surface area contributed by atoms with Crippen molar-refractivity contribution in [3.63, 3.8) is 0 Å². The zero-order valence-electron chi connectivity index (χ0n) is 18.2. The van der Waals surface area contributed by atoms with E-state index in [0.717, 1.165) is 11.3 Å². The van der Waals surface area contributed by atoms with E-state index >= 15 is 0 Å². The van der Waals surface area contributed by atoms with Crippen molar-refractivity contribution < 1.29 is 14.3 Å². The molecule has 0 atom stereocenters. The lowest BCUT2D eigenvalue weighted by Gasteiger charge is -2.11. The number of methoxy groups -OCH3 is 1. The Balaban J connectivity index is 1.33. The van der Waals surface area contributed by atoms with E-state index in [4.69, 9.17) is 9.47 Å². The number of carbonyl (C=O) groups is 1. The topological polar surface area (TPSA) is 91.2 Å². The number of rotatable bonds is 10. The van der Waals surface area contributed by atoms with Crippen molar-refractivity contribution in [3.8, 4) is 22.8 Å². The van der Waals surface area contributed by atoms with Gasteiger partial charge in [-0.1, -0.05) is 54.2 Å². The third-order valence-corrected chi connectivity index (χ3v) is 6.41. The molecule has 0 fully saturated rings. The van der Waals surface area contributed by atoms with Crippen molar-refractivity contribution >= 4 is 34.1 Å². The van der Waals surface area contributed by atoms with Gasteiger partial charge in [0, 0.05) is 17.5 Å². The van der Waals surface area contributed by atoms with Gasteiger partial charge in [0.25, 0.3) is 0 Å². The van der Waals surface area contributed by atoms with Crippen molar-refractivity contribution in [2.45, 2.75) is 25.2 Å². The second kappa shape index (κ2) is 11.0. The molecule has 0 saturated heterocycles. The number of thioether (sulfide) groups is 1. The predicted molar refractivity (Wildman–Crippen MR) is 130 cm³/mol. The van der Waals surface area contributed by atoms with Crippen LogP contribution >= 0.6 is 23.1 Å². The van der Waals surface area contributed by atoms with Crippen LogP contribution in [0.5, 0.6) is 11.5 Å². The monoisotopic (exact) mass is 481 g/mol. The summed E-state index contributed by atoms with van der Waals surface area (Å²) in [5.74, 6) is 2.03. The van der Waals surface area contributed by atoms with E-state index in [2.05, 4.69) is 20.5 Å². The first-order valence-corrected chi connectivity index (χ1v) is 12.2. The van der Waals surface area contributed by atoms with E-state index < -0.39 is 0 Å². The van der Waals surface area contributed by atoms with Gasteiger partial charge in [-0.15, -0.1) is 21.5 Å². The van der Waals surface area contributed by atoms with Crippen molar-refractivity contribution in [1.29, 1.82) is 0 Å². The Hall–Kier alpha value is -3.37. The standard InChI is InChI=1S/C23H23N5O3S2/c1-3-28-20(13-31-19-12-8-7-11-18(19)30-2)26-27-23(28)33-15-21(29)25-22-24-17(14-32-22)16-9-5-4-6-10-16/h4-12,14H,3,13,15H2,1-2H3,(H,24,25,29). The Morgan fingerprint density at radius 3 is 2.61 bits per heavy atom. The van der Waals surface area contributed by atoms with Gasteiger partial charge >= 0.3 is 0 Å². The SMILES string of the molecule is CCn1c(COc2ccccc2OC)nnc1SCC(=O)Nc1nc(-c2ccccc2)cs1. The van der Waals surface area contributed by atoms with E-state index in [9.17, 15) is 4.79 Å². The fraction of sp³-hybridized carbons (Fsp3) is 0.217. The number of nitrogens with zero attached hydrogens (tertiary/aromatic N) is 4. The predicted octanol–water partition coefficient (Wildman–Crippen LogP) is 4.74. The summed E-state index contributed by atoms with van der Waals surface area (Å²) in [5, 5.41) is 14.5. The molecule has 0 aliphatic carbocycles. The Kier molecular flexibility index (Phi) is 7.59. The zero-order chi connectivity index (χ0) is 23.0. The summed E-state index contributed by atoms with van der Waals surface area (Å²) in [7, 11) is 1.60. The third kappa shape index (κ3) is 5.71. The molecule has 8 nitrogen and oxygen atoms in total. The highest BCUT2D eigenvalue weighted by Gasteiger charge is 2.15. The molecule has 0 spiro atoms. The minimum atomic E-state index is -0.147. The third-order valence-electron chi connectivity index (χ3n) is 4.69. The summed E-state index contributed by atoms with van der Waals surface area (Å²) in [4.78, 5) is 17.0. The quantitative estimate of drug-likeness (QED) is 0.327. The van der Waals surface area contributed by atoms with Gasteiger partial charge in [-0.2, -0.15) is 0 Å². The molecule has 2 aromatic carbocycles. The van der Waals surface area contributed by atoms with Crippen LogP contribution in [0, 0.1) is 0 Å². The first-order valence-electron chi connectivity index (χ1n) is 10.3. The van der Waals surface area contributed by atoms with Gasteiger partial charge in [0.15, 0.2) is 27.6 Å². The molecule has 170 valence electrons. The maximum absolute atomic E-state index is 12.5. The van der Waals surface area contributed by atoms with Gasteiger partial charge in [0.1, 0.15) is 6.61 Å². The summed E-state index contributed by atoms with van der Waals surface area (Å²) >= 11 is 2.73. The van der Waals surface area contributed by atoms with Gasteiger partial charge in [0.2, 0.25) is 5.91 Å². The summed E-state index contributed by atoms with van der Waals surface area (Å²) in [6.07, 6.45) is 0. The molecule has 0 saturated carbocycles. The van der Waals surface area contributed by atoms with E-state index in [-0.39, 0.29) is 18.3 Å². The molecule has 0 aliphatic heterocycles. The Morgan fingerprint density at radius 2 is 1.85 bits per heavy atom. The lowest BCUT2D eigenvalue weighted by atomic mass is 10.2. The Labute approximate surface area is 200 Å². The van der Waals surface area contributed by atoms with E-state index in [1.54, 1.807) is 7.11 Å². The van der Waals surface area contributed by atoms with Crippen LogP contribution in [0.4, 0.5) is 5.13 Å². The second-order valence-corrected chi connectivity index (χ2v) is 8.62. The number of para-hydroxylation sites is 2. The first kappa shape index (κ1) is 22.8. The number of aromatic nitrogens is 4. The summed E-state index contributed by atoms with van der Waals surface area (Å²) in [6, 6.07) is 17.3. The molecule has 2 heterocycles. The Bertz CT molecular complexity index is 1210. The number of nitrogens with one attached hydrogen (secondary N) is 1. The fourth-order valence-corrected chi connectivity index (χ4v) is 4.65. The highest BCUT2D eigenvalue weighted by Crippen LogP contribution is 2.27. The van der Waals surface area contributed by atoms with E-state index in [1.165, 1.54) is 23.1 Å². The molecule has 33 heavy (non-hydrogen) atoms. The highest BCUT2D eigenvalue weighted by atomic mass is 32.2. The number of amides is 1. The molecule has 0 unspecified atom stereocenters. The molecule has 0 bridgehead atoms. The summed E-state index contributed by atoms with van der Waals surface area (Å²) in [6.45, 7) is 2.91. The number of benzene rings is 2. The number of hydrogen-bond acceptors (Lipinski definition) is 8. The molecule has 10 heteroatoms. The number of anilines is 1. The number of ether oxygens (including phenoxy) is 2. The Morgan fingerprint density at radius 1 is 1.09 bits per heavy atom. The lowest BCUT2D eigenvalue weighted by molar-refractivity contribution is -0.113. The maximum atomic E-state index is 12.5. The van der Waals surface area contributed by atoms with Crippen LogP contribution in [0.25, 0.3) is 11.3 Å². The van der Waals surface area contributed by atoms with E-state index in [0.29, 0.717) is 34.2 Å². The smallest absolute Gasteiger partial charge is 0.236 e. The normalized spacial score (nSPS) is 10.7. The highest BCUT2D eigenvalue weighted by molar-refractivity contribution is 7.99. The maximum Gasteiger partial charge on any atom is 0.236 e. The van der Waals surface area contributed by atoms with Gasteiger partial charge in [0.05, 0.1) is 18.6 Å². The molecule has 4 rings (SSSR count).